The van der Waals surface area contributed by atoms with E-state index in [2.05, 4.69) is 55.4 Å². The number of carboxylic acids is 2. The molecular formula is C45H86N2O4. The van der Waals surface area contributed by atoms with Crippen LogP contribution in [0.4, 0.5) is 0 Å². The Kier molecular flexibility index (Phi) is 31.7. The summed E-state index contributed by atoms with van der Waals surface area (Å²) in [7, 11) is 0. The van der Waals surface area contributed by atoms with Crippen molar-refractivity contribution in [2.24, 2.45) is 0 Å². The highest BCUT2D eigenvalue weighted by atomic mass is 16.4. The molecule has 0 heterocycles. The molecule has 0 N–H and O–H groups in total. The van der Waals surface area contributed by atoms with Crippen LogP contribution in [-0.4, -0.2) is 73.3 Å². The maximum Gasteiger partial charge on any atom is 0.0786 e. The predicted molar refractivity (Wildman–Crippen MR) is 217 cm³/mol. The summed E-state index contributed by atoms with van der Waals surface area (Å²) in [6.07, 6.45) is 22.6. The van der Waals surface area contributed by atoms with E-state index < -0.39 is 17.4 Å². The lowest BCUT2D eigenvalue weighted by Gasteiger charge is -2.39. The first-order valence-electron chi connectivity index (χ1n) is 21.7. The number of quaternary nitrogens is 2. The van der Waals surface area contributed by atoms with E-state index in [-0.39, 0.29) is 12.0 Å². The molecule has 0 unspecified atom stereocenters. The minimum atomic E-state index is -2.06. The number of hydrogen-bond acceptors (Lipinski definition) is 4. The number of carbonyl (C=O) groups excluding carboxylic acids is 2. The lowest BCUT2D eigenvalue weighted by Crippen LogP contribution is -2.57. The van der Waals surface area contributed by atoms with Gasteiger partial charge in [0.15, 0.2) is 0 Å². The van der Waals surface area contributed by atoms with Gasteiger partial charge in [-0.25, -0.2) is 0 Å². The fraction of sp³-hybridized carbons (Fsp3) is 0.822. The maximum absolute atomic E-state index is 11.2. The van der Waals surface area contributed by atoms with Crippen molar-refractivity contribution in [3.05, 3.63) is 35.4 Å². The van der Waals surface area contributed by atoms with Crippen molar-refractivity contribution in [2.75, 3.05) is 52.4 Å². The molecule has 51 heavy (non-hydrogen) atoms. The number of carbonyl (C=O) groups is 2. The van der Waals surface area contributed by atoms with Gasteiger partial charge in [0.05, 0.1) is 69.7 Å². The molecule has 0 aromatic heterocycles. The third-order valence-corrected chi connectivity index (χ3v) is 11.0. The number of rotatable bonds is 29. The van der Waals surface area contributed by atoms with Crippen molar-refractivity contribution in [1.82, 2.24) is 0 Å². The summed E-state index contributed by atoms with van der Waals surface area (Å²) in [4.78, 5) is 22.5. The van der Waals surface area contributed by atoms with Crippen molar-refractivity contribution in [3.63, 3.8) is 0 Å². The summed E-state index contributed by atoms with van der Waals surface area (Å²) in [5, 5.41) is 22.5. The number of benzene rings is 1. The summed E-state index contributed by atoms with van der Waals surface area (Å²) in [5.41, 5.74) is -1.13. The Balaban J connectivity index is 0. The number of unbranched alkanes of at least 4 members (excludes halogenated alkanes) is 8. The van der Waals surface area contributed by atoms with Crippen LogP contribution in [0.5, 0.6) is 0 Å². The fourth-order valence-corrected chi connectivity index (χ4v) is 7.32. The highest BCUT2D eigenvalue weighted by Gasteiger charge is 2.35. The van der Waals surface area contributed by atoms with E-state index in [1.54, 1.807) is 18.2 Å². The summed E-state index contributed by atoms with van der Waals surface area (Å²) in [6.45, 7) is 33.4. The highest BCUT2D eigenvalue weighted by molar-refractivity contribution is 6.03. The molecular weight excluding hydrogens is 633 g/mol. The Morgan fingerprint density at radius 2 is 0.725 bits per heavy atom. The van der Waals surface area contributed by atoms with E-state index in [1.807, 2.05) is 6.92 Å². The van der Waals surface area contributed by atoms with Crippen molar-refractivity contribution >= 4 is 11.9 Å². The second kappa shape index (κ2) is 31.6. The number of nitrogens with zero attached hydrogens (tertiary/aromatic N) is 2. The zero-order valence-electron chi connectivity index (χ0n) is 35.7. The monoisotopic (exact) mass is 719 g/mol. The van der Waals surface area contributed by atoms with Crippen LogP contribution in [0.1, 0.15) is 190 Å². The largest absolute Gasteiger partial charge is 0.549 e. The normalized spacial score (nSPS) is 11.7. The number of hydrogen-bond donors (Lipinski definition) is 0. The van der Waals surface area contributed by atoms with E-state index in [4.69, 9.17) is 0 Å². The molecule has 0 aliphatic heterocycles. The molecule has 1 aromatic carbocycles. The van der Waals surface area contributed by atoms with Gasteiger partial charge < -0.3 is 28.8 Å². The van der Waals surface area contributed by atoms with Gasteiger partial charge in [-0.15, -0.1) is 0 Å². The molecule has 0 saturated heterocycles. The molecule has 6 nitrogen and oxygen atoms in total. The zero-order chi connectivity index (χ0) is 39.0. The maximum atomic E-state index is 11.2. The second-order valence-corrected chi connectivity index (χ2v) is 15.1. The average molecular weight is 719 g/mol. The molecule has 1 rings (SSSR count). The number of aryl methyl sites for hydroxylation is 1. The molecule has 6 heteroatoms. The van der Waals surface area contributed by atoms with Gasteiger partial charge in [-0.3, -0.25) is 0 Å². The van der Waals surface area contributed by atoms with E-state index in [1.165, 1.54) is 177 Å². The first-order chi connectivity index (χ1) is 24.5. The second-order valence-electron chi connectivity index (χ2n) is 15.1. The van der Waals surface area contributed by atoms with Gasteiger partial charge in [0.2, 0.25) is 0 Å². The first-order valence-corrected chi connectivity index (χ1v) is 21.7. The smallest absolute Gasteiger partial charge is 0.0786 e. The molecule has 300 valence electrons. The van der Waals surface area contributed by atoms with Crippen molar-refractivity contribution in [2.45, 2.75) is 190 Å². The molecule has 0 fully saturated rings. The van der Waals surface area contributed by atoms with E-state index in [9.17, 15) is 19.8 Å². The van der Waals surface area contributed by atoms with Gasteiger partial charge in [0.25, 0.3) is 0 Å². The van der Waals surface area contributed by atoms with E-state index in [0.29, 0.717) is 12.0 Å². The summed E-state index contributed by atoms with van der Waals surface area (Å²) in [6, 6.07) is 6.58. The third kappa shape index (κ3) is 19.6. The topological polar surface area (TPSA) is 80.3 Å². The van der Waals surface area contributed by atoms with Crippen LogP contribution in [0, 0.1) is 0 Å². The third-order valence-electron chi connectivity index (χ3n) is 11.0. The molecule has 0 bridgehead atoms. The summed E-state index contributed by atoms with van der Waals surface area (Å²) in [5.74, 6) is -3.25. The fourth-order valence-electron chi connectivity index (χ4n) is 7.32. The Hall–Kier alpha value is -1.92. The van der Waals surface area contributed by atoms with Crippen molar-refractivity contribution in [3.8, 4) is 0 Å². The molecule has 0 saturated carbocycles. The van der Waals surface area contributed by atoms with Gasteiger partial charge in [-0.2, -0.15) is 0 Å². The molecule has 0 spiro atoms. The van der Waals surface area contributed by atoms with Gasteiger partial charge in [0.1, 0.15) is 0 Å². The molecule has 0 aliphatic rings. The minimum Gasteiger partial charge on any atom is -0.549 e. The van der Waals surface area contributed by atoms with Gasteiger partial charge >= 0.3 is 0 Å². The van der Waals surface area contributed by atoms with E-state index in [0.717, 1.165) is 0 Å². The number of carboxylic acid groups (broad SMARTS) is 2. The Bertz CT molecular complexity index is 854. The van der Waals surface area contributed by atoms with Crippen LogP contribution < -0.4 is 10.2 Å². The highest BCUT2D eigenvalue weighted by Crippen LogP contribution is 2.30. The zero-order valence-corrected chi connectivity index (χ0v) is 35.7. The van der Waals surface area contributed by atoms with Gasteiger partial charge in [-0.05, 0) is 75.3 Å². The molecule has 1 aromatic rings. The molecule has 0 amide bonds. The minimum absolute atomic E-state index is 0.103. The predicted octanol–water partition coefficient (Wildman–Crippen LogP) is 9.40. The Morgan fingerprint density at radius 3 is 0.922 bits per heavy atom. The first kappa shape index (κ1) is 51.2. The van der Waals surface area contributed by atoms with Crippen molar-refractivity contribution in [1.29, 1.82) is 0 Å². The Labute approximate surface area is 318 Å². The molecule has 0 radical (unpaired) electrons. The number of aliphatic carboxylic acids is 2. The average Bonchev–Trinajstić information content (AvgIpc) is 3.14. The van der Waals surface area contributed by atoms with Crippen LogP contribution in [-0.2, 0) is 21.4 Å². The quantitative estimate of drug-likeness (QED) is 0.0611. The summed E-state index contributed by atoms with van der Waals surface area (Å²) < 4.78 is 2.84. The standard InChI is InChI=1S/2C16H36N.C13H16O4/c2*1-5-9-13-17(14-10-6-2,15-11-7-3)16-12-8-4;1-3-9-7-5-6-8-10(9)13(4-2,11(14)15)12(16)17/h2*5-16H2,1-4H3;5-8H,3-4H2,1-2H3,(H,14,15)(H,16,17)/q2*+1;/p-2. The SMILES string of the molecule is CCCC[N+](CCCC)(CCCC)CCCC.CCCC[N+](CCCC)(CCCC)CCCC.CCc1ccccc1C(CC)(C(=O)[O-])C(=O)[O-]. The Morgan fingerprint density at radius 1 is 0.471 bits per heavy atom. The van der Waals surface area contributed by atoms with Crippen LogP contribution in [0.3, 0.4) is 0 Å². The van der Waals surface area contributed by atoms with Crippen LogP contribution in [0.25, 0.3) is 0 Å². The van der Waals surface area contributed by atoms with Crippen LogP contribution in [0.2, 0.25) is 0 Å². The van der Waals surface area contributed by atoms with Gasteiger partial charge in [0, 0.05) is 0 Å². The van der Waals surface area contributed by atoms with Gasteiger partial charge in [-0.1, -0.05) is 145 Å². The molecule has 0 aliphatic carbocycles. The lowest BCUT2D eigenvalue weighted by molar-refractivity contribution is -0.929. The van der Waals surface area contributed by atoms with E-state index >= 15 is 0 Å². The van der Waals surface area contributed by atoms with Crippen LogP contribution in [0.15, 0.2) is 24.3 Å². The van der Waals surface area contributed by atoms with Crippen molar-refractivity contribution < 1.29 is 28.8 Å². The summed E-state index contributed by atoms with van der Waals surface area (Å²) >= 11 is 0. The van der Waals surface area contributed by atoms with Crippen LogP contribution >= 0.6 is 0 Å². The molecule has 0 atom stereocenters. The lowest BCUT2D eigenvalue weighted by atomic mass is 9.75.